The number of aromatic nitrogens is 1. The topological polar surface area (TPSA) is 79.4 Å². The predicted octanol–water partition coefficient (Wildman–Crippen LogP) is 2.79. The molecule has 6 nitrogen and oxygen atoms in total. The zero-order valence-electron chi connectivity index (χ0n) is 16.8. The van der Waals surface area contributed by atoms with Gasteiger partial charge >= 0.3 is 0 Å². The highest BCUT2D eigenvalue weighted by Gasteiger charge is 2.66. The number of benzene rings is 2. The summed E-state index contributed by atoms with van der Waals surface area (Å²) in [5.41, 5.74) is 6.54. The van der Waals surface area contributed by atoms with Crippen LogP contribution in [-0.4, -0.2) is 27.7 Å². The molecule has 152 valence electrons. The number of imide groups is 1. The standard InChI is InChI=1S/C25H19N3O3/c1-25-17-10-4-2-8-15(17)19(16-9-3-5-11-18(16)25)20-21(25)24(31)28(23(20)30)27-22(29)14-7-6-12-26-13-14/h2-13,19-21H,1H3,(H,27,29)/t19?,20-,21+,25?/m0/s1. The summed E-state index contributed by atoms with van der Waals surface area (Å²) in [7, 11) is 0. The molecule has 1 aromatic heterocycles. The Morgan fingerprint density at radius 3 is 2.19 bits per heavy atom. The lowest BCUT2D eigenvalue weighted by Crippen LogP contribution is -2.52. The van der Waals surface area contributed by atoms with Crippen LogP contribution in [0.1, 0.15) is 45.5 Å². The Kier molecular flexibility index (Phi) is 3.55. The van der Waals surface area contributed by atoms with Crippen molar-refractivity contribution in [2.24, 2.45) is 11.8 Å². The monoisotopic (exact) mass is 409 g/mol. The highest BCUT2D eigenvalue weighted by atomic mass is 16.2. The molecular weight excluding hydrogens is 390 g/mol. The predicted molar refractivity (Wildman–Crippen MR) is 112 cm³/mol. The fraction of sp³-hybridized carbons (Fsp3) is 0.200. The van der Waals surface area contributed by atoms with Crippen molar-refractivity contribution in [1.82, 2.24) is 15.4 Å². The van der Waals surface area contributed by atoms with Gasteiger partial charge in [-0.05, 0) is 34.4 Å². The minimum atomic E-state index is -0.646. The van der Waals surface area contributed by atoms with Crippen molar-refractivity contribution < 1.29 is 14.4 Å². The third kappa shape index (κ3) is 2.16. The van der Waals surface area contributed by atoms with Crippen LogP contribution in [0.15, 0.2) is 73.1 Å². The molecule has 1 N–H and O–H groups in total. The molecule has 2 atom stereocenters. The van der Waals surface area contributed by atoms with Crippen molar-refractivity contribution in [3.05, 3.63) is 101 Å². The average molecular weight is 409 g/mol. The van der Waals surface area contributed by atoms with Crippen LogP contribution >= 0.6 is 0 Å². The van der Waals surface area contributed by atoms with Crippen molar-refractivity contribution in [2.75, 3.05) is 0 Å². The van der Waals surface area contributed by atoms with Gasteiger partial charge in [0.25, 0.3) is 17.7 Å². The summed E-state index contributed by atoms with van der Waals surface area (Å²) in [6.45, 7) is 2.05. The first kappa shape index (κ1) is 18.0. The molecule has 0 spiro atoms. The van der Waals surface area contributed by atoms with Gasteiger partial charge in [-0.2, -0.15) is 5.01 Å². The molecule has 2 heterocycles. The quantitative estimate of drug-likeness (QED) is 0.660. The molecule has 0 radical (unpaired) electrons. The van der Waals surface area contributed by atoms with Crippen LogP contribution in [-0.2, 0) is 15.0 Å². The lowest BCUT2D eigenvalue weighted by Gasteiger charge is -2.52. The number of rotatable bonds is 2. The Labute approximate surface area is 178 Å². The first-order valence-electron chi connectivity index (χ1n) is 10.3. The van der Waals surface area contributed by atoms with E-state index in [0.29, 0.717) is 5.56 Å². The molecular formula is C25H19N3O3. The first-order chi connectivity index (χ1) is 15.0. The molecule has 1 saturated heterocycles. The maximum absolute atomic E-state index is 13.6. The maximum atomic E-state index is 13.6. The SMILES string of the molecule is CC12c3ccccc3C(c3ccccc31)[C@@H]1C(=O)N(NC(=O)c3cccnc3)C(=O)[C@@H]12. The van der Waals surface area contributed by atoms with E-state index in [9.17, 15) is 14.4 Å². The third-order valence-electron chi connectivity index (χ3n) is 7.18. The molecule has 1 fully saturated rings. The Balaban J connectivity index is 1.48. The van der Waals surface area contributed by atoms with Crippen LogP contribution in [0.25, 0.3) is 0 Å². The lowest BCUT2D eigenvalue weighted by atomic mass is 9.48. The van der Waals surface area contributed by atoms with Crippen molar-refractivity contribution >= 4 is 17.7 Å². The number of hydrogen-bond donors (Lipinski definition) is 1. The maximum Gasteiger partial charge on any atom is 0.271 e. The molecule has 2 aromatic carbocycles. The summed E-state index contributed by atoms with van der Waals surface area (Å²) in [6.07, 6.45) is 2.97. The number of carbonyl (C=O) groups is 3. The smallest absolute Gasteiger partial charge is 0.271 e. The number of hydrazine groups is 1. The van der Waals surface area contributed by atoms with E-state index in [2.05, 4.69) is 41.6 Å². The number of hydrogen-bond acceptors (Lipinski definition) is 4. The van der Waals surface area contributed by atoms with Crippen molar-refractivity contribution in [1.29, 1.82) is 0 Å². The van der Waals surface area contributed by atoms with Gasteiger partial charge in [0.1, 0.15) is 0 Å². The largest absolute Gasteiger partial charge is 0.272 e. The number of amides is 3. The molecule has 3 aromatic rings. The number of nitrogens with zero attached hydrogens (tertiary/aromatic N) is 2. The molecule has 6 heteroatoms. The summed E-state index contributed by atoms with van der Waals surface area (Å²) in [5.74, 6) is -2.56. The van der Waals surface area contributed by atoms with E-state index < -0.39 is 23.2 Å². The minimum Gasteiger partial charge on any atom is -0.272 e. The molecule has 3 amide bonds. The molecule has 3 aliphatic carbocycles. The second kappa shape index (κ2) is 6.11. The van der Waals surface area contributed by atoms with Crippen molar-refractivity contribution in [3.63, 3.8) is 0 Å². The number of nitrogens with one attached hydrogen (secondary N) is 1. The molecule has 31 heavy (non-hydrogen) atoms. The van der Waals surface area contributed by atoms with Gasteiger partial charge in [-0.25, -0.2) is 0 Å². The van der Waals surface area contributed by atoms with E-state index in [0.717, 1.165) is 27.3 Å². The van der Waals surface area contributed by atoms with E-state index in [1.165, 1.54) is 6.20 Å². The Morgan fingerprint density at radius 1 is 0.935 bits per heavy atom. The average Bonchev–Trinajstić information content (AvgIpc) is 3.06. The lowest BCUT2D eigenvalue weighted by molar-refractivity contribution is -0.143. The molecule has 7 rings (SSSR count). The normalized spacial score (nSPS) is 27.5. The van der Waals surface area contributed by atoms with Gasteiger partial charge < -0.3 is 0 Å². The van der Waals surface area contributed by atoms with Gasteiger partial charge in [-0.15, -0.1) is 0 Å². The van der Waals surface area contributed by atoms with Crippen molar-refractivity contribution in [2.45, 2.75) is 18.3 Å². The van der Waals surface area contributed by atoms with E-state index in [4.69, 9.17) is 0 Å². The minimum absolute atomic E-state index is 0.212. The van der Waals surface area contributed by atoms with Crippen LogP contribution < -0.4 is 5.43 Å². The highest BCUT2D eigenvalue weighted by molar-refractivity contribution is 6.10. The first-order valence-corrected chi connectivity index (χ1v) is 10.3. The highest BCUT2D eigenvalue weighted by Crippen LogP contribution is 2.63. The molecule has 0 saturated carbocycles. The summed E-state index contributed by atoms with van der Waals surface area (Å²) >= 11 is 0. The third-order valence-corrected chi connectivity index (χ3v) is 7.18. The fourth-order valence-electron chi connectivity index (χ4n) is 5.92. The summed E-state index contributed by atoms with van der Waals surface area (Å²) in [4.78, 5) is 43.8. The van der Waals surface area contributed by atoms with Gasteiger partial charge in [0.15, 0.2) is 0 Å². The second-order valence-corrected chi connectivity index (χ2v) is 8.55. The summed E-state index contributed by atoms with van der Waals surface area (Å²) in [6, 6.07) is 19.4. The zero-order valence-corrected chi connectivity index (χ0v) is 16.8. The Bertz CT molecular complexity index is 1220. The molecule has 2 bridgehead atoms. The van der Waals surface area contributed by atoms with Gasteiger partial charge in [0.2, 0.25) is 0 Å². The van der Waals surface area contributed by atoms with E-state index >= 15 is 0 Å². The molecule has 4 aliphatic rings. The van der Waals surface area contributed by atoms with Gasteiger partial charge in [0, 0.05) is 23.7 Å². The van der Waals surface area contributed by atoms with Crippen LogP contribution in [0.4, 0.5) is 0 Å². The second-order valence-electron chi connectivity index (χ2n) is 8.55. The van der Waals surface area contributed by atoms with E-state index in [1.807, 2.05) is 24.3 Å². The zero-order chi connectivity index (χ0) is 21.3. The summed E-state index contributed by atoms with van der Waals surface area (Å²) in [5, 5.41) is 0.938. The van der Waals surface area contributed by atoms with Crippen molar-refractivity contribution in [3.8, 4) is 0 Å². The van der Waals surface area contributed by atoms with Gasteiger partial charge in [-0.1, -0.05) is 55.5 Å². The van der Waals surface area contributed by atoms with E-state index in [-0.39, 0.29) is 17.7 Å². The van der Waals surface area contributed by atoms with Gasteiger partial charge in [0.05, 0.1) is 17.4 Å². The van der Waals surface area contributed by atoms with Crippen LogP contribution in [0.5, 0.6) is 0 Å². The fourth-order valence-corrected chi connectivity index (χ4v) is 5.92. The summed E-state index contributed by atoms with van der Waals surface area (Å²) < 4.78 is 0. The Morgan fingerprint density at radius 2 is 1.58 bits per heavy atom. The van der Waals surface area contributed by atoms with Crippen LogP contribution in [0, 0.1) is 11.8 Å². The molecule has 1 aliphatic heterocycles. The van der Waals surface area contributed by atoms with Crippen LogP contribution in [0.2, 0.25) is 0 Å². The van der Waals surface area contributed by atoms with E-state index in [1.54, 1.807) is 18.3 Å². The van der Waals surface area contributed by atoms with Gasteiger partial charge in [-0.3, -0.25) is 24.8 Å². The van der Waals surface area contributed by atoms with Crippen LogP contribution in [0.3, 0.4) is 0 Å². The number of pyridine rings is 1. The molecule has 0 unspecified atom stereocenters. The number of carbonyl (C=O) groups excluding carboxylic acids is 3. The Hall–Kier alpha value is -3.80.